The molecular formula is C24H26N4O2. The van der Waals surface area contributed by atoms with Gasteiger partial charge in [0, 0.05) is 25.8 Å². The molecule has 0 fully saturated rings. The molecule has 0 radical (unpaired) electrons. The molecule has 154 valence electrons. The second kappa shape index (κ2) is 9.84. The van der Waals surface area contributed by atoms with E-state index >= 15 is 0 Å². The molecule has 3 rings (SSSR count). The first kappa shape index (κ1) is 21.3. The van der Waals surface area contributed by atoms with E-state index in [0.717, 1.165) is 23.3 Å². The van der Waals surface area contributed by atoms with Gasteiger partial charge >= 0.3 is 0 Å². The van der Waals surface area contributed by atoms with Crippen LogP contribution in [0.4, 0.5) is 0 Å². The Balaban J connectivity index is 1.57. The van der Waals surface area contributed by atoms with Crippen LogP contribution in [0.5, 0.6) is 0 Å². The topological polar surface area (TPSA) is 76.8 Å². The fourth-order valence-corrected chi connectivity index (χ4v) is 3.64. The van der Waals surface area contributed by atoms with Crippen LogP contribution in [0.2, 0.25) is 0 Å². The van der Waals surface area contributed by atoms with Gasteiger partial charge in [0.25, 0.3) is 0 Å². The van der Waals surface area contributed by atoms with Crippen molar-refractivity contribution < 1.29 is 9.59 Å². The Hall–Kier alpha value is -3.46. The van der Waals surface area contributed by atoms with Crippen molar-refractivity contribution in [2.75, 3.05) is 13.1 Å². The number of carbonyl (C=O) groups excluding carboxylic acids is 2. The molecule has 2 aromatic rings. The maximum Gasteiger partial charge on any atom is 0.243 e. The fourth-order valence-electron chi connectivity index (χ4n) is 3.64. The van der Waals surface area contributed by atoms with Crippen LogP contribution in [-0.2, 0) is 9.59 Å². The van der Waals surface area contributed by atoms with E-state index in [-0.39, 0.29) is 30.7 Å². The molecule has 2 aromatic carbocycles. The van der Waals surface area contributed by atoms with Crippen LogP contribution in [0, 0.1) is 11.3 Å². The first-order valence-corrected chi connectivity index (χ1v) is 10.3. The van der Waals surface area contributed by atoms with E-state index in [2.05, 4.69) is 11.2 Å². The number of nitriles is 1. The summed E-state index contributed by atoms with van der Waals surface area (Å²) >= 11 is 0. The Bertz CT molecular complexity index is 961. The molecule has 2 amide bonds. The van der Waals surface area contributed by atoms with Gasteiger partial charge in [-0.15, -0.1) is 0 Å². The molecule has 1 heterocycles. The molecule has 1 atom stereocenters. The first-order valence-electron chi connectivity index (χ1n) is 10.3. The maximum absolute atomic E-state index is 12.8. The summed E-state index contributed by atoms with van der Waals surface area (Å²) in [5, 5.41) is 14.9. The molecule has 0 aliphatic carbocycles. The zero-order valence-electron chi connectivity index (χ0n) is 17.4. The lowest BCUT2D eigenvalue weighted by molar-refractivity contribution is -0.138. The van der Waals surface area contributed by atoms with Gasteiger partial charge in [-0.1, -0.05) is 42.5 Å². The number of rotatable bonds is 7. The van der Waals surface area contributed by atoms with Crippen LogP contribution in [0.3, 0.4) is 0 Å². The van der Waals surface area contributed by atoms with Gasteiger partial charge in [-0.25, -0.2) is 5.01 Å². The number of nitrogens with zero attached hydrogens (tertiary/aromatic N) is 4. The van der Waals surface area contributed by atoms with E-state index in [9.17, 15) is 9.59 Å². The van der Waals surface area contributed by atoms with Gasteiger partial charge in [-0.05, 0) is 37.1 Å². The number of amides is 2. The Morgan fingerprint density at radius 2 is 1.83 bits per heavy atom. The number of hydrazone groups is 1. The van der Waals surface area contributed by atoms with Gasteiger partial charge in [0.05, 0.1) is 29.9 Å². The summed E-state index contributed by atoms with van der Waals surface area (Å²) in [6, 6.07) is 19.0. The second-order valence-electron chi connectivity index (χ2n) is 7.27. The molecule has 6 nitrogen and oxygen atoms in total. The standard InChI is InChI=1S/C24H26N4O2/c1-3-27(18(2)20-11-9-19(17-25)10-12-20)23(29)13-14-24(30)28-16-15-22(26-28)21-7-5-4-6-8-21/h4-12,18H,3,13-16H2,1-2H3. The summed E-state index contributed by atoms with van der Waals surface area (Å²) in [6.07, 6.45) is 1.02. The average Bonchev–Trinajstić information content (AvgIpc) is 3.29. The zero-order chi connectivity index (χ0) is 21.5. The third-order valence-electron chi connectivity index (χ3n) is 5.40. The van der Waals surface area contributed by atoms with Crippen molar-refractivity contribution in [3.8, 4) is 6.07 Å². The Morgan fingerprint density at radius 1 is 1.13 bits per heavy atom. The first-order chi connectivity index (χ1) is 14.5. The van der Waals surface area contributed by atoms with Gasteiger partial charge in [0.2, 0.25) is 11.8 Å². The van der Waals surface area contributed by atoms with Crippen molar-refractivity contribution in [2.45, 2.75) is 39.2 Å². The molecule has 0 N–H and O–H groups in total. The summed E-state index contributed by atoms with van der Waals surface area (Å²) in [5.74, 6) is -0.189. The molecule has 0 saturated heterocycles. The van der Waals surface area contributed by atoms with Crippen LogP contribution in [-0.4, -0.2) is 40.5 Å². The molecule has 1 aliphatic heterocycles. The highest BCUT2D eigenvalue weighted by Crippen LogP contribution is 2.22. The predicted octanol–water partition coefficient (Wildman–Crippen LogP) is 3.88. The van der Waals surface area contributed by atoms with Crippen LogP contribution in [0.15, 0.2) is 59.7 Å². The van der Waals surface area contributed by atoms with E-state index in [1.807, 2.05) is 56.3 Å². The van der Waals surface area contributed by atoms with E-state index in [4.69, 9.17) is 5.26 Å². The van der Waals surface area contributed by atoms with Crippen LogP contribution in [0.1, 0.15) is 55.8 Å². The third-order valence-corrected chi connectivity index (χ3v) is 5.40. The minimum atomic E-state index is -0.128. The molecule has 0 spiro atoms. The second-order valence-corrected chi connectivity index (χ2v) is 7.27. The largest absolute Gasteiger partial charge is 0.336 e. The van der Waals surface area contributed by atoms with Crippen LogP contribution >= 0.6 is 0 Å². The number of hydrogen-bond donors (Lipinski definition) is 0. The van der Waals surface area contributed by atoms with Crippen molar-refractivity contribution in [1.82, 2.24) is 9.91 Å². The molecule has 0 saturated carbocycles. The molecule has 1 aliphatic rings. The Labute approximate surface area is 177 Å². The van der Waals surface area contributed by atoms with Crippen molar-refractivity contribution >= 4 is 17.5 Å². The molecule has 6 heteroatoms. The quantitative estimate of drug-likeness (QED) is 0.705. The van der Waals surface area contributed by atoms with Crippen molar-refractivity contribution in [3.63, 3.8) is 0 Å². The third kappa shape index (κ3) is 4.93. The summed E-state index contributed by atoms with van der Waals surface area (Å²) in [6.45, 7) is 4.99. The lowest BCUT2D eigenvalue weighted by Crippen LogP contribution is -2.34. The summed E-state index contributed by atoms with van der Waals surface area (Å²) in [7, 11) is 0. The summed E-state index contributed by atoms with van der Waals surface area (Å²) in [5.41, 5.74) is 3.48. The van der Waals surface area contributed by atoms with Gasteiger partial charge in [0.1, 0.15) is 0 Å². The lowest BCUT2D eigenvalue weighted by atomic mass is 10.0. The normalized spacial score (nSPS) is 14.0. The van der Waals surface area contributed by atoms with Crippen LogP contribution < -0.4 is 0 Å². The Kier molecular flexibility index (Phi) is 6.97. The number of hydrogen-bond acceptors (Lipinski definition) is 4. The SMILES string of the molecule is CCN(C(=O)CCC(=O)N1CCC(c2ccccc2)=N1)C(C)c1ccc(C#N)cc1. The zero-order valence-corrected chi connectivity index (χ0v) is 17.4. The average molecular weight is 402 g/mol. The number of carbonyl (C=O) groups is 2. The molecule has 30 heavy (non-hydrogen) atoms. The molecule has 0 bridgehead atoms. The monoisotopic (exact) mass is 402 g/mol. The highest BCUT2D eigenvalue weighted by molar-refractivity contribution is 6.02. The molecule has 0 aromatic heterocycles. The van der Waals surface area contributed by atoms with Gasteiger partial charge < -0.3 is 4.90 Å². The summed E-state index contributed by atoms with van der Waals surface area (Å²) < 4.78 is 0. The van der Waals surface area contributed by atoms with E-state index in [1.165, 1.54) is 5.01 Å². The smallest absolute Gasteiger partial charge is 0.243 e. The minimum Gasteiger partial charge on any atom is -0.336 e. The lowest BCUT2D eigenvalue weighted by Gasteiger charge is -2.28. The van der Waals surface area contributed by atoms with Crippen molar-refractivity contribution in [3.05, 3.63) is 71.3 Å². The summed E-state index contributed by atoms with van der Waals surface area (Å²) in [4.78, 5) is 27.1. The van der Waals surface area contributed by atoms with Crippen molar-refractivity contribution in [1.29, 1.82) is 5.26 Å². The van der Waals surface area contributed by atoms with Gasteiger partial charge in [0.15, 0.2) is 0 Å². The fraction of sp³-hybridized carbons (Fsp3) is 0.333. The van der Waals surface area contributed by atoms with E-state index in [0.29, 0.717) is 18.7 Å². The predicted molar refractivity (Wildman–Crippen MR) is 116 cm³/mol. The number of benzene rings is 2. The van der Waals surface area contributed by atoms with E-state index < -0.39 is 0 Å². The highest BCUT2D eigenvalue weighted by Gasteiger charge is 2.24. The highest BCUT2D eigenvalue weighted by atomic mass is 16.2. The van der Waals surface area contributed by atoms with E-state index in [1.54, 1.807) is 17.0 Å². The van der Waals surface area contributed by atoms with Crippen molar-refractivity contribution in [2.24, 2.45) is 5.10 Å². The minimum absolute atomic E-state index is 0.0610. The molecule has 1 unspecified atom stereocenters. The maximum atomic E-state index is 12.8. The van der Waals surface area contributed by atoms with Crippen LogP contribution in [0.25, 0.3) is 0 Å². The van der Waals surface area contributed by atoms with Gasteiger partial charge in [-0.2, -0.15) is 10.4 Å². The Morgan fingerprint density at radius 3 is 2.47 bits per heavy atom. The van der Waals surface area contributed by atoms with Gasteiger partial charge in [-0.3, -0.25) is 9.59 Å². The molecular weight excluding hydrogens is 376 g/mol.